The second-order valence-corrected chi connectivity index (χ2v) is 12.1. The Bertz CT molecular complexity index is 1400. The van der Waals surface area contributed by atoms with E-state index in [4.69, 9.17) is 9.84 Å². The van der Waals surface area contributed by atoms with Gasteiger partial charge >= 0.3 is 0 Å². The van der Waals surface area contributed by atoms with Crippen molar-refractivity contribution in [3.8, 4) is 16.9 Å². The van der Waals surface area contributed by atoms with E-state index in [-0.39, 0.29) is 29.3 Å². The summed E-state index contributed by atoms with van der Waals surface area (Å²) in [5.41, 5.74) is 5.33. The number of sulfonamides is 1. The molecule has 1 heterocycles. The summed E-state index contributed by atoms with van der Waals surface area (Å²) in [4.78, 5) is 0.241. The minimum absolute atomic E-state index is 0.105. The minimum Gasteiger partial charge on any atom is -0.491 e. The third kappa shape index (κ3) is 4.64. The molecule has 7 heteroatoms. The van der Waals surface area contributed by atoms with E-state index in [1.165, 1.54) is 12.1 Å². The van der Waals surface area contributed by atoms with Crippen molar-refractivity contribution in [1.82, 2.24) is 0 Å². The van der Waals surface area contributed by atoms with Gasteiger partial charge in [-0.3, -0.25) is 4.31 Å². The van der Waals surface area contributed by atoms with Crippen molar-refractivity contribution in [1.29, 1.82) is 0 Å². The van der Waals surface area contributed by atoms with Gasteiger partial charge in [0.1, 0.15) is 18.2 Å². The Balaban J connectivity index is 1.63. The zero-order chi connectivity index (χ0) is 26.2. The Morgan fingerprint density at radius 2 is 1.73 bits per heavy atom. The zero-order valence-electron chi connectivity index (χ0n) is 21.5. The van der Waals surface area contributed by atoms with E-state index in [1.54, 1.807) is 34.6 Å². The van der Waals surface area contributed by atoms with Gasteiger partial charge in [-0.25, -0.2) is 12.8 Å². The molecule has 1 fully saturated rings. The fourth-order valence-corrected chi connectivity index (χ4v) is 7.69. The maximum Gasteiger partial charge on any atom is 0.264 e. The number of rotatable bonds is 7. The van der Waals surface area contributed by atoms with E-state index < -0.39 is 10.0 Å². The fourth-order valence-electron chi connectivity index (χ4n) is 6.00. The quantitative estimate of drug-likeness (QED) is 0.404. The van der Waals surface area contributed by atoms with Gasteiger partial charge in [-0.2, -0.15) is 0 Å². The molecule has 196 valence electrons. The largest absolute Gasteiger partial charge is 0.491 e. The lowest BCUT2D eigenvalue weighted by molar-refractivity contribution is 0.200. The predicted octanol–water partition coefficient (Wildman–Crippen LogP) is 6.15. The highest BCUT2D eigenvalue weighted by molar-refractivity contribution is 7.92. The van der Waals surface area contributed by atoms with Gasteiger partial charge in [-0.15, -0.1) is 0 Å². The smallest absolute Gasteiger partial charge is 0.264 e. The van der Waals surface area contributed by atoms with Crippen molar-refractivity contribution in [2.75, 3.05) is 24.1 Å². The number of benzene rings is 3. The minimum atomic E-state index is -3.82. The molecule has 2 aliphatic rings. The first-order valence-electron chi connectivity index (χ1n) is 13.1. The van der Waals surface area contributed by atoms with Crippen molar-refractivity contribution < 1.29 is 22.7 Å². The van der Waals surface area contributed by atoms with Crippen LogP contribution in [0.2, 0.25) is 0 Å². The summed E-state index contributed by atoms with van der Waals surface area (Å²) in [5, 5.41) is 9.07. The third-order valence-corrected chi connectivity index (χ3v) is 9.65. The summed E-state index contributed by atoms with van der Waals surface area (Å²) in [5.74, 6) is 0.293. The Labute approximate surface area is 219 Å². The van der Waals surface area contributed by atoms with Crippen LogP contribution in [0.4, 0.5) is 10.1 Å². The molecule has 1 spiro atoms. The topological polar surface area (TPSA) is 66.8 Å². The van der Waals surface area contributed by atoms with E-state index in [9.17, 15) is 12.8 Å². The molecular weight excluding hydrogens is 489 g/mol. The van der Waals surface area contributed by atoms with Crippen LogP contribution in [0.15, 0.2) is 59.5 Å². The molecule has 1 aliphatic heterocycles. The van der Waals surface area contributed by atoms with E-state index >= 15 is 0 Å². The van der Waals surface area contributed by atoms with Crippen LogP contribution in [0.5, 0.6) is 5.75 Å². The van der Waals surface area contributed by atoms with Crippen LogP contribution >= 0.6 is 0 Å². The number of aliphatic hydroxyl groups excluding tert-OH is 1. The predicted molar refractivity (Wildman–Crippen MR) is 144 cm³/mol. The van der Waals surface area contributed by atoms with Gasteiger partial charge in [0.25, 0.3) is 10.0 Å². The number of halogens is 1. The van der Waals surface area contributed by atoms with Gasteiger partial charge in [-0.05, 0) is 96.5 Å². The summed E-state index contributed by atoms with van der Waals surface area (Å²) < 4.78 is 49.1. The van der Waals surface area contributed by atoms with Crippen LogP contribution in [0.25, 0.3) is 11.1 Å². The van der Waals surface area contributed by atoms with Crippen LogP contribution < -0.4 is 9.04 Å². The van der Waals surface area contributed by atoms with Crippen molar-refractivity contribution in [3.05, 3.63) is 77.1 Å². The molecule has 0 atom stereocenters. The molecule has 0 aromatic heterocycles. The number of hydrogen-bond acceptors (Lipinski definition) is 4. The molecule has 1 saturated carbocycles. The number of nitrogens with zero attached hydrogens (tertiary/aromatic N) is 1. The summed E-state index contributed by atoms with van der Waals surface area (Å²) in [6.45, 7) is 4.36. The zero-order valence-corrected chi connectivity index (χ0v) is 22.3. The summed E-state index contributed by atoms with van der Waals surface area (Å²) >= 11 is 0. The maximum absolute atomic E-state index is 14.2. The molecule has 5 rings (SSSR count). The van der Waals surface area contributed by atoms with Crippen LogP contribution in [-0.2, 0) is 21.9 Å². The monoisotopic (exact) mass is 523 g/mol. The molecule has 0 amide bonds. The SMILES string of the molecule is CCc1cc(-c2ccc(F)cc2)cc2c1N(S(=O)(=O)c1ccc(OCCO)c(C)c1)CC21CCCCC1. The number of hydrogen-bond donors (Lipinski definition) is 1. The highest BCUT2D eigenvalue weighted by Gasteiger charge is 2.48. The van der Waals surface area contributed by atoms with Gasteiger partial charge in [0.05, 0.1) is 17.2 Å². The first-order valence-corrected chi connectivity index (χ1v) is 14.5. The fraction of sp³-hybridized carbons (Fsp3) is 0.400. The molecule has 1 aliphatic carbocycles. The summed E-state index contributed by atoms with van der Waals surface area (Å²) in [7, 11) is -3.82. The lowest BCUT2D eigenvalue weighted by atomic mass is 9.70. The van der Waals surface area contributed by atoms with Crippen molar-refractivity contribution in [2.24, 2.45) is 0 Å². The van der Waals surface area contributed by atoms with Crippen molar-refractivity contribution >= 4 is 15.7 Å². The number of anilines is 1. The van der Waals surface area contributed by atoms with Crippen LogP contribution in [0.3, 0.4) is 0 Å². The van der Waals surface area contributed by atoms with Gasteiger partial charge < -0.3 is 9.84 Å². The molecular formula is C30H34FNO4S. The van der Waals surface area contributed by atoms with E-state index in [1.807, 2.05) is 6.92 Å². The van der Waals surface area contributed by atoms with Gasteiger partial charge in [0.15, 0.2) is 0 Å². The lowest BCUT2D eigenvalue weighted by Gasteiger charge is -2.34. The van der Waals surface area contributed by atoms with Crippen LogP contribution in [0.1, 0.15) is 55.7 Å². The van der Waals surface area contributed by atoms with Gasteiger partial charge in [0, 0.05) is 12.0 Å². The first-order chi connectivity index (χ1) is 17.8. The van der Waals surface area contributed by atoms with E-state index in [0.717, 1.165) is 60.0 Å². The molecule has 0 bridgehead atoms. The lowest BCUT2D eigenvalue weighted by Crippen LogP contribution is -2.38. The number of ether oxygens (including phenoxy) is 1. The molecule has 5 nitrogen and oxygen atoms in total. The Morgan fingerprint density at radius 3 is 2.38 bits per heavy atom. The van der Waals surface area contributed by atoms with E-state index in [0.29, 0.717) is 24.3 Å². The molecule has 0 radical (unpaired) electrons. The molecule has 3 aromatic carbocycles. The average molecular weight is 524 g/mol. The van der Waals surface area contributed by atoms with Crippen molar-refractivity contribution in [3.63, 3.8) is 0 Å². The Hall–Kier alpha value is -2.90. The molecule has 1 N–H and O–H groups in total. The molecule has 37 heavy (non-hydrogen) atoms. The van der Waals surface area contributed by atoms with Crippen molar-refractivity contribution in [2.45, 2.75) is 62.7 Å². The Morgan fingerprint density at radius 1 is 1.00 bits per heavy atom. The summed E-state index contributed by atoms with van der Waals surface area (Å²) in [6.07, 6.45) is 5.91. The second-order valence-electron chi connectivity index (χ2n) is 10.2. The molecule has 0 unspecified atom stereocenters. The highest BCUT2D eigenvalue weighted by atomic mass is 32.2. The average Bonchev–Trinajstić information content (AvgIpc) is 3.22. The normalized spacial score (nSPS) is 16.7. The standard InChI is InChI=1S/C30H34FNO4S/c1-3-22-18-24(23-7-9-25(31)10-8-23)19-27-29(22)32(20-30(27)13-5-4-6-14-30)37(34,35)26-11-12-28(21(2)17-26)36-16-15-33/h7-12,17-19,33H,3-6,13-16,20H2,1-2H3. The second kappa shape index (κ2) is 10.1. The number of fused-ring (bicyclic) bond motifs is 2. The Kier molecular flexibility index (Phi) is 7.03. The van der Waals surface area contributed by atoms with E-state index in [2.05, 4.69) is 19.1 Å². The highest BCUT2D eigenvalue weighted by Crippen LogP contribution is 2.53. The number of aryl methyl sites for hydroxylation is 2. The maximum atomic E-state index is 14.2. The number of aliphatic hydroxyl groups is 1. The summed E-state index contributed by atoms with van der Waals surface area (Å²) in [6, 6.07) is 15.7. The molecule has 0 saturated heterocycles. The first kappa shape index (κ1) is 25.7. The molecule has 3 aromatic rings. The van der Waals surface area contributed by atoms with Crippen LogP contribution in [-0.4, -0.2) is 33.3 Å². The third-order valence-electron chi connectivity index (χ3n) is 7.91. The van der Waals surface area contributed by atoms with Gasteiger partial charge in [-0.1, -0.05) is 38.3 Å². The van der Waals surface area contributed by atoms with Crippen LogP contribution in [0, 0.1) is 12.7 Å². The van der Waals surface area contributed by atoms with Gasteiger partial charge in [0.2, 0.25) is 0 Å².